The van der Waals surface area contributed by atoms with E-state index in [-0.39, 0.29) is 21.1 Å². The van der Waals surface area contributed by atoms with E-state index in [1.807, 2.05) is 0 Å². The molecule has 0 heterocycles. The molecule has 0 spiro atoms. The summed E-state index contributed by atoms with van der Waals surface area (Å²) in [6.45, 7) is 19.5. The molecule has 0 aliphatic rings. The maximum atomic E-state index is 4.81. The Kier molecular flexibility index (Phi) is 160. The van der Waals surface area contributed by atoms with Crippen molar-refractivity contribution >= 4 is 175 Å². The molecule has 0 unspecified atom stereocenters. The van der Waals surface area contributed by atoms with E-state index in [1.54, 1.807) is 0 Å². The first-order valence-corrected chi connectivity index (χ1v) is 63.2. The average Bonchev–Trinajstić information content (AvgIpc) is 1.10. The Morgan fingerprint density at radius 2 is 0.165 bits per heavy atom. The predicted molar refractivity (Wildman–Crippen MR) is 645 cm³/mol. The molecule has 0 bridgehead atoms. The molecule has 0 rings (SSSR count). The first-order valence-electron chi connectivity index (χ1n) is 58.3. The second kappa shape index (κ2) is 144. The summed E-state index contributed by atoms with van der Waals surface area (Å²) in [5.41, 5.74) is 0. The van der Waals surface area contributed by atoms with Gasteiger partial charge in [0.05, 0.1) is 0 Å². The Bertz CT molecular complexity index is 1770. The van der Waals surface area contributed by atoms with Crippen LogP contribution in [-0.2, 0) is 96.8 Å². The van der Waals surface area contributed by atoms with E-state index >= 15 is 0 Å². The van der Waals surface area contributed by atoms with E-state index in [4.69, 9.17) is 149 Å². The minimum atomic E-state index is 0. The molecule has 0 aliphatic heterocycles. The second-order valence-corrected chi connectivity index (χ2v) is 45.6. The molecule has 19 heteroatoms. The Morgan fingerprint density at radius 3 is 0.218 bits per heavy atom. The van der Waals surface area contributed by atoms with Crippen molar-refractivity contribution in [2.75, 3.05) is 39.3 Å². The molecule has 0 fully saturated rings. The molecule has 0 aromatic rings. The monoisotopic (exact) mass is 2160 g/mol. The smallest absolute Gasteiger partial charge is 0.0132 e. The van der Waals surface area contributed by atoms with Crippen LogP contribution in [0.1, 0.15) is 658 Å². The second-order valence-electron chi connectivity index (χ2n) is 39.1. The molecule has 6 N–H and O–H groups in total. The third-order valence-electron chi connectivity index (χ3n) is 25.8. The van der Waals surface area contributed by atoms with Crippen molar-refractivity contribution in [3.8, 4) is 0 Å². The summed E-state index contributed by atoms with van der Waals surface area (Å²) in [7, 11) is 0. The van der Waals surface area contributed by atoms with Gasteiger partial charge in [0.2, 0.25) is 0 Å². The van der Waals surface area contributed by atoms with E-state index in [0.717, 1.165) is 39.3 Å². The van der Waals surface area contributed by atoms with Gasteiger partial charge >= 0.3 is 0 Å². The van der Waals surface area contributed by atoms with Crippen LogP contribution >= 0.6 is 73.3 Å². The van der Waals surface area contributed by atoms with Gasteiger partial charge in [-0.15, -0.1) is 0 Å². The third kappa shape index (κ3) is 173. The van der Waals surface area contributed by atoms with Gasteiger partial charge in [0.25, 0.3) is 0 Å². The first kappa shape index (κ1) is 147. The van der Waals surface area contributed by atoms with Crippen molar-refractivity contribution in [3.63, 3.8) is 0 Å². The van der Waals surface area contributed by atoms with Gasteiger partial charge in [-0.05, 0) is 38.5 Å². The molecule has 6 nitrogen and oxygen atoms in total. The molecular formula is C114H228MoN6S12-6. The van der Waals surface area contributed by atoms with Crippen LogP contribution in [0.5, 0.6) is 0 Å². The SMILES string of the molecule is CCCCCCCCCCCCCCCCCCNC(=S)[S-].CCCCCCCCCCCCCCCCCCNC(=S)[S-].CCCCCCCCCCCCCCCCCCNC(=S)[S-].CCCCCCCCCCCCCCCCCCNC(=S)[S-].CCCCCCCCCCCCCCCCCCNC(=S)[S-].CCCCCCCCCCCCCCCCCCNC(=S)[S-].[Mo]. The molecule has 0 aromatic heterocycles. The molecule has 0 aromatic carbocycles. The third-order valence-corrected chi connectivity index (χ3v) is 27.5. The fourth-order valence-corrected chi connectivity index (χ4v) is 18.4. The number of nitrogens with one attached hydrogen (secondary N) is 6. The van der Waals surface area contributed by atoms with Crippen LogP contribution in [0.4, 0.5) is 0 Å². The molecule has 798 valence electrons. The van der Waals surface area contributed by atoms with E-state index in [2.05, 4.69) is 73.4 Å². The van der Waals surface area contributed by atoms with Crippen LogP contribution in [-0.4, -0.2) is 65.2 Å². The van der Waals surface area contributed by atoms with Crippen LogP contribution in [0.2, 0.25) is 0 Å². The van der Waals surface area contributed by atoms with Gasteiger partial charge in [-0.1, -0.05) is 645 Å². The van der Waals surface area contributed by atoms with Crippen LogP contribution in [0.3, 0.4) is 0 Å². The molecule has 0 saturated carbocycles. The zero-order valence-corrected chi connectivity index (χ0v) is 101. The number of rotatable bonds is 102. The van der Waals surface area contributed by atoms with Gasteiger partial charge in [0.15, 0.2) is 0 Å². The average molecular weight is 2160 g/mol. The van der Waals surface area contributed by atoms with Gasteiger partial charge in [0, 0.05) is 60.3 Å². The molecule has 0 radical (unpaired) electrons. The van der Waals surface area contributed by atoms with E-state index in [9.17, 15) is 0 Å². The summed E-state index contributed by atoms with van der Waals surface area (Å²) in [6, 6.07) is 0. The van der Waals surface area contributed by atoms with Crippen LogP contribution in [0.15, 0.2) is 0 Å². The molecular weight excluding hydrogens is 1930 g/mol. The fourth-order valence-electron chi connectivity index (χ4n) is 17.2. The zero-order chi connectivity index (χ0) is 97.8. The Hall–Kier alpha value is 1.35. The number of hydrogen-bond acceptors (Lipinski definition) is 12. The van der Waals surface area contributed by atoms with Gasteiger partial charge in [0.1, 0.15) is 0 Å². The van der Waals surface area contributed by atoms with Crippen molar-refractivity contribution in [1.82, 2.24) is 31.9 Å². The summed E-state index contributed by atoms with van der Waals surface area (Å²) < 4.78 is 3.09. The van der Waals surface area contributed by atoms with Crippen molar-refractivity contribution in [2.45, 2.75) is 658 Å². The summed E-state index contributed by atoms with van der Waals surface area (Å²) in [4.78, 5) is 0. The summed E-state index contributed by atoms with van der Waals surface area (Å²) in [5, 5.41) is 18.2. The maximum Gasteiger partial charge on any atom is 0.0132 e. The number of hydrogen-bond donors (Lipinski definition) is 6. The fraction of sp³-hybridized carbons (Fsp3) is 0.947. The van der Waals surface area contributed by atoms with E-state index in [0.29, 0.717) is 25.9 Å². The molecule has 0 aliphatic carbocycles. The summed E-state index contributed by atoms with van der Waals surface area (Å²) >= 11 is 57.7. The van der Waals surface area contributed by atoms with Crippen molar-refractivity contribution in [2.24, 2.45) is 0 Å². The minimum Gasteiger partial charge on any atom is -0.412 e. The standard InChI is InChI=1S/6C19H39NS2.Mo/c6*1-2-3-4-5-6-7-8-9-10-11-12-13-14-15-16-17-18-20-19(21)22;/h6*2-18H2,1H3,(H2,20,21,22);/p-6. The van der Waals surface area contributed by atoms with Crippen molar-refractivity contribution in [3.05, 3.63) is 0 Å². The van der Waals surface area contributed by atoms with Gasteiger partial charge in [-0.25, -0.2) is 0 Å². The van der Waals surface area contributed by atoms with Crippen LogP contribution < -0.4 is 31.9 Å². The number of thiocarbonyl (C=S) groups is 6. The van der Waals surface area contributed by atoms with Gasteiger partial charge in [-0.3, -0.25) is 0 Å². The Balaban J connectivity index is -0.000000286. The summed E-state index contributed by atoms with van der Waals surface area (Å²) in [5.74, 6) is 0. The van der Waals surface area contributed by atoms with Gasteiger partial charge < -0.3 is 181 Å². The van der Waals surface area contributed by atoms with E-state index in [1.165, 1.54) is 616 Å². The normalized spacial score (nSPS) is 10.7. The quantitative estimate of drug-likeness (QED) is 0.0151. The summed E-state index contributed by atoms with van der Waals surface area (Å²) in [6.07, 6.45) is 135. The molecule has 133 heavy (non-hydrogen) atoms. The minimum absolute atomic E-state index is 0. The Morgan fingerprint density at radius 1 is 0.113 bits per heavy atom. The predicted octanol–water partition coefficient (Wildman–Crippen LogP) is 40.0. The van der Waals surface area contributed by atoms with Crippen LogP contribution in [0, 0.1) is 0 Å². The molecule has 0 saturated heterocycles. The van der Waals surface area contributed by atoms with Crippen LogP contribution in [0.25, 0.3) is 0 Å². The van der Waals surface area contributed by atoms with Gasteiger partial charge in [-0.2, -0.15) is 0 Å². The topological polar surface area (TPSA) is 72.2 Å². The Labute approximate surface area is 916 Å². The molecule has 0 amide bonds. The first-order chi connectivity index (χ1) is 64.6. The van der Waals surface area contributed by atoms with Crippen molar-refractivity contribution in [1.29, 1.82) is 0 Å². The maximum absolute atomic E-state index is 4.81. The van der Waals surface area contributed by atoms with Crippen molar-refractivity contribution < 1.29 is 21.1 Å². The number of unbranched alkanes of at least 4 members (excludes halogenated alkanes) is 90. The molecule has 0 atom stereocenters. The zero-order valence-electron chi connectivity index (χ0n) is 89.4. The largest absolute Gasteiger partial charge is 0.412 e. The van der Waals surface area contributed by atoms with E-state index < -0.39 is 0 Å².